The fourth-order valence-electron chi connectivity index (χ4n) is 3.04. The highest BCUT2D eigenvalue weighted by Gasteiger charge is 2.15. The summed E-state index contributed by atoms with van der Waals surface area (Å²) >= 11 is 3.26. The lowest BCUT2D eigenvalue weighted by molar-refractivity contribution is 0.101. The fourth-order valence-corrected chi connectivity index (χ4v) is 5.01. The number of aromatic nitrogens is 2. The van der Waals surface area contributed by atoms with Crippen molar-refractivity contribution in [3.63, 3.8) is 0 Å². The molecule has 2 heterocycles. The molecular formula is C22H18N2O2S2. The van der Waals surface area contributed by atoms with E-state index < -0.39 is 0 Å². The predicted molar refractivity (Wildman–Crippen MR) is 115 cm³/mol. The zero-order chi connectivity index (χ0) is 19.5. The smallest absolute Gasteiger partial charge is 0.159 e. The summed E-state index contributed by atoms with van der Waals surface area (Å²) in [5, 5.41) is 4.14. The molecule has 4 nitrogen and oxygen atoms in total. The van der Waals surface area contributed by atoms with Crippen LogP contribution in [0.1, 0.15) is 22.8 Å². The first kappa shape index (κ1) is 18.7. The van der Waals surface area contributed by atoms with E-state index in [0.29, 0.717) is 11.3 Å². The first-order valence-electron chi connectivity index (χ1n) is 8.75. The van der Waals surface area contributed by atoms with E-state index in [1.807, 2.05) is 30.3 Å². The normalized spacial score (nSPS) is 10.9. The van der Waals surface area contributed by atoms with Gasteiger partial charge in [0.25, 0.3) is 0 Å². The van der Waals surface area contributed by atoms with Crippen LogP contribution in [0.5, 0.6) is 5.75 Å². The van der Waals surface area contributed by atoms with Gasteiger partial charge in [0.2, 0.25) is 0 Å². The summed E-state index contributed by atoms with van der Waals surface area (Å²) in [5.74, 6) is 1.47. The quantitative estimate of drug-likeness (QED) is 0.228. The summed E-state index contributed by atoms with van der Waals surface area (Å²) < 4.78 is 5.48. The van der Waals surface area contributed by atoms with Gasteiger partial charge in [0.15, 0.2) is 5.78 Å². The molecule has 4 rings (SSSR count). The van der Waals surface area contributed by atoms with Gasteiger partial charge in [-0.05, 0) is 30.7 Å². The number of fused-ring (bicyclic) bond motifs is 1. The third-order valence-electron chi connectivity index (χ3n) is 4.47. The zero-order valence-corrected chi connectivity index (χ0v) is 17.1. The number of hydrogen-bond donors (Lipinski definition) is 0. The number of methoxy groups -OCH3 is 1. The second-order valence-corrected chi connectivity index (χ2v) is 8.07. The van der Waals surface area contributed by atoms with E-state index in [4.69, 9.17) is 4.74 Å². The Balaban J connectivity index is 1.71. The van der Waals surface area contributed by atoms with Gasteiger partial charge in [-0.1, -0.05) is 30.3 Å². The van der Waals surface area contributed by atoms with Crippen LogP contribution in [0.4, 0.5) is 0 Å². The molecule has 0 radical (unpaired) electrons. The van der Waals surface area contributed by atoms with Crippen LogP contribution in [0.25, 0.3) is 21.3 Å². The lowest BCUT2D eigenvalue weighted by atomic mass is 10.1. The number of rotatable bonds is 6. The number of ketones is 1. The van der Waals surface area contributed by atoms with Gasteiger partial charge in [0.1, 0.15) is 21.9 Å². The summed E-state index contributed by atoms with van der Waals surface area (Å²) in [7, 11) is 1.65. The molecule has 0 unspecified atom stereocenters. The number of hydrogen-bond acceptors (Lipinski definition) is 6. The number of benzene rings is 2. The fraction of sp³-hybridized carbons (Fsp3) is 0.136. The predicted octanol–water partition coefficient (Wildman–Crippen LogP) is 5.86. The number of nitrogens with zero attached hydrogens (tertiary/aromatic N) is 2. The Kier molecular flexibility index (Phi) is 5.41. The minimum Gasteiger partial charge on any atom is -0.496 e. The van der Waals surface area contributed by atoms with Gasteiger partial charge in [-0.25, -0.2) is 9.97 Å². The van der Waals surface area contributed by atoms with Crippen LogP contribution in [-0.2, 0) is 5.75 Å². The van der Waals surface area contributed by atoms with Crippen molar-refractivity contribution in [2.45, 2.75) is 17.7 Å². The monoisotopic (exact) mass is 406 g/mol. The molecule has 0 atom stereocenters. The third kappa shape index (κ3) is 3.66. The maximum absolute atomic E-state index is 11.7. The van der Waals surface area contributed by atoms with Crippen LogP contribution in [0.2, 0.25) is 0 Å². The lowest BCUT2D eigenvalue weighted by Crippen LogP contribution is -1.97. The summed E-state index contributed by atoms with van der Waals surface area (Å²) in [6.07, 6.45) is 1.61. The van der Waals surface area contributed by atoms with Crippen molar-refractivity contribution in [2.75, 3.05) is 7.11 Å². The average molecular weight is 407 g/mol. The maximum atomic E-state index is 11.7. The van der Waals surface area contributed by atoms with Gasteiger partial charge >= 0.3 is 0 Å². The van der Waals surface area contributed by atoms with Crippen molar-refractivity contribution in [1.29, 1.82) is 0 Å². The molecule has 0 aliphatic heterocycles. The van der Waals surface area contributed by atoms with Crippen molar-refractivity contribution >= 4 is 39.1 Å². The van der Waals surface area contributed by atoms with Crippen molar-refractivity contribution in [3.8, 4) is 16.9 Å². The number of carbonyl (C=O) groups is 1. The van der Waals surface area contributed by atoms with Crippen LogP contribution in [-0.4, -0.2) is 22.9 Å². The zero-order valence-electron chi connectivity index (χ0n) is 15.5. The number of thiophene rings is 1. The van der Waals surface area contributed by atoms with Crippen LogP contribution < -0.4 is 4.74 Å². The molecule has 0 aliphatic carbocycles. The molecule has 0 bridgehead atoms. The Morgan fingerprint density at radius 1 is 1.14 bits per heavy atom. The topological polar surface area (TPSA) is 52.1 Å². The van der Waals surface area contributed by atoms with Gasteiger partial charge in [-0.15, -0.1) is 23.1 Å². The number of thioether (sulfide) groups is 1. The van der Waals surface area contributed by atoms with E-state index in [1.54, 1.807) is 49.5 Å². The molecule has 0 saturated carbocycles. The van der Waals surface area contributed by atoms with E-state index in [2.05, 4.69) is 27.5 Å². The largest absolute Gasteiger partial charge is 0.496 e. The van der Waals surface area contributed by atoms with Crippen molar-refractivity contribution in [1.82, 2.24) is 9.97 Å². The molecule has 2 aromatic heterocycles. The first-order valence-corrected chi connectivity index (χ1v) is 10.6. The number of ether oxygens (including phenoxy) is 1. The second-order valence-electron chi connectivity index (χ2n) is 6.25. The van der Waals surface area contributed by atoms with E-state index in [0.717, 1.165) is 37.7 Å². The minimum atomic E-state index is 0.0440. The van der Waals surface area contributed by atoms with Crippen molar-refractivity contribution < 1.29 is 9.53 Å². The molecule has 28 heavy (non-hydrogen) atoms. The number of carbonyl (C=O) groups excluding carboxylic acids is 1. The van der Waals surface area contributed by atoms with Crippen molar-refractivity contribution in [2.24, 2.45) is 0 Å². The molecule has 0 aliphatic rings. The Bertz CT molecular complexity index is 1140. The summed E-state index contributed by atoms with van der Waals surface area (Å²) in [4.78, 5) is 21.7. The average Bonchev–Trinajstić information content (AvgIpc) is 3.17. The molecule has 140 valence electrons. The standard InChI is InChI=1S/C22H18N2O2S2/c1-14(25)16-8-9-19(26-2)17(10-16)11-27-21-20-18(15-6-4-3-5-7-15)12-28-22(20)24-13-23-21/h3-10,12-13H,11H2,1-2H3. The lowest BCUT2D eigenvalue weighted by Gasteiger charge is -2.10. The van der Waals surface area contributed by atoms with Gasteiger partial charge in [0, 0.05) is 27.8 Å². The molecule has 0 amide bonds. The summed E-state index contributed by atoms with van der Waals surface area (Å²) in [6, 6.07) is 15.8. The van der Waals surface area contributed by atoms with Gasteiger partial charge < -0.3 is 4.74 Å². The molecule has 4 aromatic rings. The summed E-state index contributed by atoms with van der Waals surface area (Å²) in [6.45, 7) is 1.57. The van der Waals surface area contributed by atoms with Gasteiger partial charge in [-0.2, -0.15) is 0 Å². The molecule has 0 N–H and O–H groups in total. The highest BCUT2D eigenvalue weighted by Crippen LogP contribution is 2.39. The molecule has 6 heteroatoms. The highest BCUT2D eigenvalue weighted by molar-refractivity contribution is 7.98. The van der Waals surface area contributed by atoms with Crippen LogP contribution in [0.15, 0.2) is 65.3 Å². The number of Topliss-reactive ketones (excluding diaryl/α,β-unsaturated/α-hetero) is 1. The Labute approximate surface area is 171 Å². The molecule has 0 fully saturated rings. The van der Waals surface area contributed by atoms with Gasteiger partial charge in [-0.3, -0.25) is 4.79 Å². The Morgan fingerprint density at radius 2 is 1.96 bits per heavy atom. The Hall–Kier alpha value is -2.70. The minimum absolute atomic E-state index is 0.0440. The molecular weight excluding hydrogens is 388 g/mol. The Morgan fingerprint density at radius 3 is 2.71 bits per heavy atom. The van der Waals surface area contributed by atoms with Gasteiger partial charge in [0.05, 0.1) is 12.5 Å². The van der Waals surface area contributed by atoms with E-state index in [1.165, 1.54) is 0 Å². The third-order valence-corrected chi connectivity index (χ3v) is 6.40. The molecule has 0 saturated heterocycles. The molecule has 0 spiro atoms. The second kappa shape index (κ2) is 8.12. The maximum Gasteiger partial charge on any atom is 0.159 e. The molecule has 2 aromatic carbocycles. The van der Waals surface area contributed by atoms with Crippen LogP contribution in [0.3, 0.4) is 0 Å². The first-order chi connectivity index (χ1) is 13.7. The van der Waals surface area contributed by atoms with Crippen molar-refractivity contribution in [3.05, 3.63) is 71.4 Å². The van der Waals surface area contributed by atoms with E-state index in [-0.39, 0.29) is 5.78 Å². The highest BCUT2D eigenvalue weighted by atomic mass is 32.2. The van der Waals surface area contributed by atoms with Crippen LogP contribution in [0, 0.1) is 0 Å². The van der Waals surface area contributed by atoms with E-state index >= 15 is 0 Å². The van der Waals surface area contributed by atoms with Crippen LogP contribution >= 0.6 is 23.1 Å². The summed E-state index contributed by atoms with van der Waals surface area (Å²) in [5.41, 5.74) is 3.96. The SMILES string of the molecule is COc1ccc(C(C)=O)cc1CSc1ncnc2scc(-c3ccccc3)c12. The van der Waals surface area contributed by atoms with E-state index in [9.17, 15) is 4.79 Å².